The van der Waals surface area contributed by atoms with E-state index < -0.39 is 11.0 Å². The van der Waals surface area contributed by atoms with Gasteiger partial charge in [-0.1, -0.05) is 30.3 Å². The number of anilines is 1. The SMILES string of the molecule is O=[N+]([O-])c1cc(NCC(O)CO)cc(SCCCc2ccccc2)c1. The van der Waals surface area contributed by atoms with E-state index in [4.69, 9.17) is 5.11 Å². The van der Waals surface area contributed by atoms with Gasteiger partial charge in [-0.25, -0.2) is 0 Å². The molecule has 0 saturated heterocycles. The molecule has 0 amide bonds. The Morgan fingerprint density at radius 3 is 2.64 bits per heavy atom. The number of nitrogens with zero attached hydrogens (tertiary/aromatic N) is 1. The van der Waals surface area contributed by atoms with Crippen LogP contribution in [0.1, 0.15) is 12.0 Å². The zero-order valence-corrected chi connectivity index (χ0v) is 14.6. The highest BCUT2D eigenvalue weighted by molar-refractivity contribution is 7.99. The van der Waals surface area contributed by atoms with Gasteiger partial charge in [-0.2, -0.15) is 0 Å². The van der Waals surface area contributed by atoms with E-state index in [1.54, 1.807) is 17.8 Å². The summed E-state index contributed by atoms with van der Waals surface area (Å²) >= 11 is 1.57. The lowest BCUT2D eigenvalue weighted by molar-refractivity contribution is -0.385. The maximum atomic E-state index is 11.1. The molecule has 6 nitrogen and oxygen atoms in total. The van der Waals surface area contributed by atoms with Crippen molar-refractivity contribution in [3.63, 3.8) is 0 Å². The number of nitrogens with one attached hydrogen (secondary N) is 1. The van der Waals surface area contributed by atoms with E-state index in [0.29, 0.717) is 5.69 Å². The van der Waals surface area contributed by atoms with Crippen LogP contribution in [0.3, 0.4) is 0 Å². The van der Waals surface area contributed by atoms with Crippen molar-refractivity contribution in [2.45, 2.75) is 23.8 Å². The van der Waals surface area contributed by atoms with Gasteiger partial charge < -0.3 is 15.5 Å². The van der Waals surface area contributed by atoms with Gasteiger partial charge in [0.2, 0.25) is 0 Å². The minimum atomic E-state index is -0.902. The zero-order valence-electron chi connectivity index (χ0n) is 13.8. The van der Waals surface area contributed by atoms with E-state index in [-0.39, 0.29) is 18.8 Å². The van der Waals surface area contributed by atoms with Crippen molar-refractivity contribution >= 4 is 23.1 Å². The van der Waals surface area contributed by atoms with Crippen LogP contribution in [0.4, 0.5) is 11.4 Å². The first-order chi connectivity index (χ1) is 12.1. The predicted octanol–water partition coefficient (Wildman–Crippen LogP) is 3.08. The summed E-state index contributed by atoms with van der Waals surface area (Å²) in [5.41, 5.74) is 1.85. The van der Waals surface area contributed by atoms with Crippen LogP contribution in [-0.2, 0) is 6.42 Å². The Labute approximate surface area is 151 Å². The molecule has 0 radical (unpaired) electrons. The van der Waals surface area contributed by atoms with Crippen LogP contribution in [0.25, 0.3) is 0 Å². The van der Waals surface area contributed by atoms with Crippen LogP contribution in [0, 0.1) is 10.1 Å². The number of aryl methyl sites for hydroxylation is 1. The third kappa shape index (κ3) is 6.74. The largest absolute Gasteiger partial charge is 0.394 e. The van der Waals surface area contributed by atoms with Crippen LogP contribution in [0.15, 0.2) is 53.4 Å². The quantitative estimate of drug-likeness (QED) is 0.260. The average Bonchev–Trinajstić information content (AvgIpc) is 2.64. The fraction of sp³-hybridized carbons (Fsp3) is 0.333. The summed E-state index contributed by atoms with van der Waals surface area (Å²) in [7, 11) is 0. The highest BCUT2D eigenvalue weighted by Gasteiger charge is 2.11. The molecule has 2 aromatic rings. The lowest BCUT2D eigenvalue weighted by Crippen LogP contribution is -2.22. The Hall–Kier alpha value is -2.09. The van der Waals surface area contributed by atoms with Gasteiger partial charge in [0.15, 0.2) is 0 Å². The molecule has 1 atom stereocenters. The zero-order chi connectivity index (χ0) is 18.1. The second kappa shape index (κ2) is 10.0. The molecule has 3 N–H and O–H groups in total. The molecule has 0 aliphatic rings. The number of hydrogen-bond donors (Lipinski definition) is 3. The molecule has 25 heavy (non-hydrogen) atoms. The van der Waals surface area contributed by atoms with Crippen molar-refractivity contribution in [3.8, 4) is 0 Å². The van der Waals surface area contributed by atoms with E-state index in [2.05, 4.69) is 17.4 Å². The first-order valence-electron chi connectivity index (χ1n) is 8.07. The minimum Gasteiger partial charge on any atom is -0.394 e. The number of nitro benzene ring substituents is 1. The van der Waals surface area contributed by atoms with Crippen LogP contribution >= 0.6 is 11.8 Å². The summed E-state index contributed by atoms with van der Waals surface area (Å²) < 4.78 is 0. The molecule has 0 heterocycles. The molecule has 2 rings (SSSR count). The molecule has 2 aromatic carbocycles. The first-order valence-corrected chi connectivity index (χ1v) is 9.06. The highest BCUT2D eigenvalue weighted by Crippen LogP contribution is 2.28. The molecular weight excluding hydrogens is 340 g/mol. The van der Waals surface area contributed by atoms with Crippen molar-refractivity contribution in [3.05, 3.63) is 64.2 Å². The number of non-ortho nitro benzene ring substituents is 1. The number of thioether (sulfide) groups is 1. The molecule has 0 aliphatic carbocycles. The maximum absolute atomic E-state index is 11.1. The first kappa shape index (κ1) is 19.2. The Morgan fingerprint density at radius 2 is 1.96 bits per heavy atom. The average molecular weight is 362 g/mol. The minimum absolute atomic E-state index is 0.00838. The summed E-state index contributed by atoms with van der Waals surface area (Å²) in [6.45, 7) is -0.223. The number of hydrogen-bond acceptors (Lipinski definition) is 6. The van der Waals surface area contributed by atoms with Crippen LogP contribution in [0.2, 0.25) is 0 Å². The van der Waals surface area contributed by atoms with E-state index in [0.717, 1.165) is 23.5 Å². The van der Waals surface area contributed by atoms with Gasteiger partial charge >= 0.3 is 0 Å². The summed E-state index contributed by atoms with van der Waals surface area (Å²) in [5.74, 6) is 0.856. The van der Waals surface area contributed by atoms with Crippen molar-refractivity contribution in [2.75, 3.05) is 24.2 Å². The van der Waals surface area contributed by atoms with Crippen LogP contribution < -0.4 is 5.32 Å². The summed E-state index contributed by atoms with van der Waals surface area (Å²) in [6, 6.07) is 15.0. The van der Waals surface area contributed by atoms with E-state index in [1.807, 2.05) is 24.3 Å². The number of aliphatic hydroxyl groups excluding tert-OH is 2. The Bertz CT molecular complexity index is 682. The van der Waals surface area contributed by atoms with Gasteiger partial charge in [0.05, 0.1) is 17.6 Å². The van der Waals surface area contributed by atoms with Gasteiger partial charge in [0.25, 0.3) is 5.69 Å². The fourth-order valence-corrected chi connectivity index (χ4v) is 3.22. The monoisotopic (exact) mass is 362 g/mol. The molecule has 1 unspecified atom stereocenters. The van der Waals surface area contributed by atoms with Gasteiger partial charge in [-0.3, -0.25) is 10.1 Å². The van der Waals surface area contributed by atoms with E-state index in [1.165, 1.54) is 11.6 Å². The molecule has 0 aromatic heterocycles. The van der Waals surface area contributed by atoms with Gasteiger partial charge in [0.1, 0.15) is 0 Å². The van der Waals surface area contributed by atoms with Gasteiger partial charge in [-0.15, -0.1) is 11.8 Å². The molecule has 0 fully saturated rings. The molecule has 0 spiro atoms. The maximum Gasteiger partial charge on any atom is 0.272 e. The summed E-state index contributed by atoms with van der Waals surface area (Å²) in [4.78, 5) is 11.5. The molecule has 0 aliphatic heterocycles. The van der Waals surface area contributed by atoms with Gasteiger partial charge in [0, 0.05) is 29.3 Å². The van der Waals surface area contributed by atoms with E-state index >= 15 is 0 Å². The third-order valence-corrected chi connectivity index (χ3v) is 4.64. The Balaban J connectivity index is 1.93. The van der Waals surface area contributed by atoms with Crippen molar-refractivity contribution < 1.29 is 15.1 Å². The van der Waals surface area contributed by atoms with Crippen LogP contribution in [-0.4, -0.2) is 40.1 Å². The number of nitro groups is 1. The summed E-state index contributed by atoms with van der Waals surface area (Å²) in [5, 5.41) is 32.3. The summed E-state index contributed by atoms with van der Waals surface area (Å²) in [6.07, 6.45) is 1.04. The lowest BCUT2D eigenvalue weighted by Gasteiger charge is -2.11. The van der Waals surface area contributed by atoms with Gasteiger partial charge in [-0.05, 0) is 30.2 Å². The molecule has 0 bridgehead atoms. The van der Waals surface area contributed by atoms with Crippen LogP contribution in [0.5, 0.6) is 0 Å². The molecule has 0 saturated carbocycles. The lowest BCUT2D eigenvalue weighted by atomic mass is 10.1. The van der Waals surface area contributed by atoms with Crippen molar-refractivity contribution in [1.82, 2.24) is 0 Å². The second-order valence-corrected chi connectivity index (χ2v) is 6.80. The topological polar surface area (TPSA) is 95.6 Å². The van der Waals surface area contributed by atoms with Crippen molar-refractivity contribution in [1.29, 1.82) is 0 Å². The Morgan fingerprint density at radius 1 is 1.20 bits per heavy atom. The number of aliphatic hydroxyl groups is 2. The van der Waals surface area contributed by atoms with Crippen molar-refractivity contribution in [2.24, 2.45) is 0 Å². The molecule has 7 heteroatoms. The molecule has 134 valence electrons. The number of rotatable bonds is 10. The molecular formula is C18H22N2O4S. The predicted molar refractivity (Wildman–Crippen MR) is 100 cm³/mol. The standard InChI is InChI=1S/C18H22N2O4S/c21-13-17(22)12-19-15-9-16(20(23)24)11-18(10-15)25-8-4-7-14-5-2-1-3-6-14/h1-3,5-6,9-11,17,19,21-22H,4,7-8,12-13H2. The van der Waals surface area contributed by atoms with E-state index in [9.17, 15) is 15.2 Å². The Kier molecular flexibility index (Phi) is 7.72. The number of benzene rings is 2. The smallest absolute Gasteiger partial charge is 0.272 e. The second-order valence-electron chi connectivity index (χ2n) is 5.63. The fourth-order valence-electron chi connectivity index (χ4n) is 2.29. The highest BCUT2D eigenvalue weighted by atomic mass is 32.2. The normalized spacial score (nSPS) is 11.9. The third-order valence-electron chi connectivity index (χ3n) is 3.58.